The van der Waals surface area contributed by atoms with Crippen molar-refractivity contribution in [1.82, 2.24) is 0 Å². The van der Waals surface area contributed by atoms with Gasteiger partial charge in [-0.15, -0.1) is 0 Å². The number of allylic oxidation sites excluding steroid dienone is 4. The van der Waals surface area contributed by atoms with Crippen molar-refractivity contribution in [2.75, 3.05) is 0 Å². The highest BCUT2D eigenvalue weighted by Crippen LogP contribution is 3.22. The van der Waals surface area contributed by atoms with Gasteiger partial charge in [0.25, 0.3) is 0 Å². The molecule has 38 heavy (non-hydrogen) atoms. The summed E-state index contributed by atoms with van der Waals surface area (Å²) in [6.07, 6.45) is 18.6. The van der Waals surface area contributed by atoms with Gasteiger partial charge in [0, 0.05) is 0 Å². The Labute approximate surface area is 224 Å². The Hall–Kier alpha value is -0.520. The summed E-state index contributed by atoms with van der Waals surface area (Å²) >= 11 is 0. The zero-order chi connectivity index (χ0) is 22.5. The van der Waals surface area contributed by atoms with Gasteiger partial charge in [0.1, 0.15) is 0 Å². The summed E-state index contributed by atoms with van der Waals surface area (Å²) < 4.78 is 0. The van der Waals surface area contributed by atoms with Gasteiger partial charge < -0.3 is 0 Å². The monoisotopic (exact) mass is 492 g/mol. The number of rotatable bonds is 0. The molecule has 30 atom stereocenters. The highest BCUT2D eigenvalue weighted by Gasteiger charge is 3.19. The lowest BCUT2D eigenvalue weighted by Gasteiger charge is -2.66. The molecule has 0 aromatic rings. The highest BCUT2D eigenvalue weighted by molar-refractivity contribution is 5.66. The van der Waals surface area contributed by atoms with Crippen LogP contribution in [0.25, 0.3) is 0 Å². The van der Waals surface area contributed by atoms with E-state index >= 15 is 0 Å². The average molecular weight is 493 g/mol. The molecule has 0 amide bonds. The average Bonchev–Trinajstić information content (AvgIpc) is 3.77. The molecule has 0 nitrogen and oxygen atoms in total. The second-order valence-corrected chi connectivity index (χ2v) is 21.2. The molecular weight excluding hydrogens is 456 g/mol. The van der Waals surface area contributed by atoms with E-state index in [-0.39, 0.29) is 0 Å². The van der Waals surface area contributed by atoms with Crippen LogP contribution in [0, 0.1) is 175 Å². The van der Waals surface area contributed by atoms with Gasteiger partial charge in [-0.05, 0) is 200 Å². The largest absolute Gasteiger partial charge is 0.0845 e. The Balaban J connectivity index is 1.07. The molecule has 0 saturated heterocycles. The SMILES string of the molecule is C1=C[C@H]2[C@@H]3C[C@]45C[C@H]6[C@@H]7[C@H]8[C@@H]9[C@H]%10[C@@H]%11C[C@]%12%13C[C@@H]%14[C@H]%15C=C[C@@H]%14[C@@H]%14[C@H]%15[C@H]%12[C@]%10%12[C@H]8[C@H]6[C@]68[C@H]4[C@H]2[C@H]([C@H]13)[C@H]5[C@]76[C@H]9[C@H]%11[C@]%128[C@@H]%14%13. The second kappa shape index (κ2) is 3.44. The molecule has 22 fully saturated rings. The quantitative estimate of drug-likeness (QED) is 0.385. The van der Waals surface area contributed by atoms with Crippen molar-refractivity contribution in [2.45, 2.75) is 25.7 Å². The van der Waals surface area contributed by atoms with E-state index in [1.807, 2.05) is 12.8 Å². The third-order valence-corrected chi connectivity index (χ3v) is 24.3. The van der Waals surface area contributed by atoms with Crippen LogP contribution in [0.3, 0.4) is 0 Å². The van der Waals surface area contributed by atoms with Crippen LogP contribution in [-0.2, 0) is 0 Å². The first-order chi connectivity index (χ1) is 18.8. The van der Waals surface area contributed by atoms with E-state index in [1.54, 1.807) is 12.8 Å². The zero-order valence-corrected chi connectivity index (χ0v) is 22.0. The molecule has 0 aromatic heterocycles. The van der Waals surface area contributed by atoms with E-state index < -0.39 is 0 Å². The van der Waals surface area contributed by atoms with Crippen LogP contribution in [0.1, 0.15) is 25.7 Å². The van der Waals surface area contributed by atoms with Gasteiger partial charge >= 0.3 is 0 Å². The molecule has 0 radical (unpaired) electrons. The molecule has 6 spiro atoms. The molecule has 0 heteroatoms. The molecule has 0 aromatic carbocycles. The van der Waals surface area contributed by atoms with E-state index in [9.17, 15) is 0 Å². The van der Waals surface area contributed by atoms with Crippen LogP contribution < -0.4 is 0 Å². The Morgan fingerprint density at radius 2 is 0.763 bits per heavy atom. The van der Waals surface area contributed by atoms with Crippen molar-refractivity contribution < 1.29 is 0 Å². The van der Waals surface area contributed by atoms with Crippen molar-refractivity contribution in [2.24, 2.45) is 175 Å². The van der Waals surface area contributed by atoms with Gasteiger partial charge in [0.05, 0.1) is 0 Å². The van der Waals surface area contributed by atoms with Crippen molar-refractivity contribution in [3.63, 3.8) is 0 Å². The van der Waals surface area contributed by atoms with Crippen molar-refractivity contribution in [3.05, 3.63) is 24.3 Å². The summed E-state index contributed by atoms with van der Waals surface area (Å²) in [6.45, 7) is 0. The molecule has 24 aliphatic rings. The summed E-state index contributed by atoms with van der Waals surface area (Å²) in [5.41, 5.74) is 5.56. The molecular formula is C38H36. The van der Waals surface area contributed by atoms with Gasteiger partial charge in [0.15, 0.2) is 0 Å². The predicted octanol–water partition coefficient (Wildman–Crippen LogP) is 5.62. The molecule has 0 heterocycles. The first kappa shape index (κ1) is 16.2. The van der Waals surface area contributed by atoms with E-state index in [2.05, 4.69) is 24.3 Å². The molecule has 24 aliphatic carbocycles. The molecule has 22 saturated carbocycles. The first-order valence-corrected chi connectivity index (χ1v) is 18.2. The summed E-state index contributed by atoms with van der Waals surface area (Å²) in [7, 11) is 0. The van der Waals surface area contributed by atoms with Crippen LogP contribution in [0.15, 0.2) is 24.3 Å². The maximum absolute atomic E-state index is 2.88. The van der Waals surface area contributed by atoms with Gasteiger partial charge in [-0.3, -0.25) is 0 Å². The van der Waals surface area contributed by atoms with Gasteiger partial charge in [-0.2, -0.15) is 0 Å². The van der Waals surface area contributed by atoms with E-state index in [4.69, 9.17) is 0 Å². The van der Waals surface area contributed by atoms with Crippen LogP contribution in [0.4, 0.5) is 0 Å². The predicted molar refractivity (Wildman–Crippen MR) is 135 cm³/mol. The molecule has 188 valence electrons. The third-order valence-electron chi connectivity index (χ3n) is 24.3. The fourth-order valence-corrected chi connectivity index (χ4v) is 28.5. The minimum Gasteiger partial charge on any atom is -0.0845 e. The van der Waals surface area contributed by atoms with Crippen molar-refractivity contribution >= 4 is 0 Å². The Bertz CT molecular complexity index is 1560. The topological polar surface area (TPSA) is 0 Å². The Morgan fingerprint density at radius 3 is 1.21 bits per heavy atom. The van der Waals surface area contributed by atoms with Crippen LogP contribution >= 0.6 is 0 Å². The minimum absolute atomic E-state index is 0.897. The van der Waals surface area contributed by atoms with E-state index in [1.165, 1.54) is 107 Å². The summed E-state index contributed by atoms with van der Waals surface area (Å²) in [5, 5.41) is 0. The van der Waals surface area contributed by atoms with E-state index in [0.29, 0.717) is 0 Å². The third kappa shape index (κ3) is 0.729. The maximum atomic E-state index is 2.88. The van der Waals surface area contributed by atoms with Crippen LogP contribution in [-0.4, -0.2) is 0 Å². The summed E-state index contributed by atoms with van der Waals surface area (Å²) in [5.74, 6) is 29.3. The Kier molecular flexibility index (Phi) is 1.47. The van der Waals surface area contributed by atoms with Crippen molar-refractivity contribution in [1.29, 1.82) is 0 Å². The maximum Gasteiger partial charge on any atom is -0.00937 e. The number of hydrogen-bond acceptors (Lipinski definition) is 0. The first-order valence-electron chi connectivity index (χ1n) is 18.2. The lowest BCUT2D eigenvalue weighted by Crippen LogP contribution is -2.63. The number of hydrogen-bond donors (Lipinski definition) is 0. The molecule has 0 aliphatic heterocycles. The van der Waals surface area contributed by atoms with Gasteiger partial charge in [-0.25, -0.2) is 0 Å². The van der Waals surface area contributed by atoms with Crippen LogP contribution in [0.5, 0.6) is 0 Å². The smallest absolute Gasteiger partial charge is 0.00937 e. The lowest BCUT2D eigenvalue weighted by molar-refractivity contribution is -0.198. The van der Waals surface area contributed by atoms with Crippen molar-refractivity contribution in [3.8, 4) is 0 Å². The van der Waals surface area contributed by atoms with Crippen LogP contribution in [0.2, 0.25) is 0 Å². The van der Waals surface area contributed by atoms with Gasteiger partial charge in [-0.1, -0.05) is 24.3 Å². The van der Waals surface area contributed by atoms with E-state index in [0.717, 1.165) is 68.0 Å². The molecule has 24 rings (SSSR count). The standard InChI is InChI=1S/C38H36/c1-3-11-13-5-33-7-15-23-21-22-24-16-8-34-6-14-10-2-4-12(14)20-18(10)30(34)36(24)28(21)26(15)37-31(33)19(11)17(9(1)13)29(33)35(23,37)27(22)25(16)38(36,37)32(20)34/h1-4,9-32H,5-8H2/t9-,10-,11+,12+,13-,14-,15+,16+,17+,18+,19-,20-,21-,22-,23-,24-,25+,26+,27-,28-,29-,30-,31+,32+,33-,34-,35-,36-,37+,38+/m1/s1. The summed E-state index contributed by atoms with van der Waals surface area (Å²) in [6, 6.07) is 0. The van der Waals surface area contributed by atoms with Gasteiger partial charge in [0.2, 0.25) is 0 Å². The highest BCUT2D eigenvalue weighted by atomic mass is 15.2. The fraction of sp³-hybridized carbons (Fsp3) is 0.895. The molecule has 26 bridgehead atoms. The summed E-state index contributed by atoms with van der Waals surface area (Å²) in [4.78, 5) is 0. The molecule has 0 N–H and O–H groups in total. The normalized spacial score (nSPS) is 103. The molecule has 0 unspecified atom stereocenters. The fourth-order valence-electron chi connectivity index (χ4n) is 28.5. The second-order valence-electron chi connectivity index (χ2n) is 21.2. The zero-order valence-electron chi connectivity index (χ0n) is 22.0. The lowest BCUT2D eigenvalue weighted by atomic mass is 9.37. The minimum atomic E-state index is 0.897. The Morgan fingerprint density at radius 1 is 0.368 bits per heavy atom.